The molecule has 5 heteroatoms. The molecule has 0 bridgehead atoms. The van der Waals surface area contributed by atoms with Crippen LogP contribution in [-0.2, 0) is 0 Å². The van der Waals surface area contributed by atoms with E-state index in [9.17, 15) is 4.79 Å². The number of ether oxygens (including phenoxy) is 2. The Morgan fingerprint density at radius 2 is 1.81 bits per heavy atom. The SMILES string of the molecule is COc1cccc(C(=O)Nc2cccc(Cl)c2C)c1OC. The molecular weight excluding hydrogens is 290 g/mol. The Hall–Kier alpha value is -2.20. The van der Waals surface area contributed by atoms with Gasteiger partial charge in [0.25, 0.3) is 5.91 Å². The highest BCUT2D eigenvalue weighted by Gasteiger charge is 2.17. The van der Waals surface area contributed by atoms with E-state index in [1.54, 1.807) is 36.4 Å². The molecule has 1 N–H and O–H groups in total. The lowest BCUT2D eigenvalue weighted by Crippen LogP contribution is -2.14. The maximum atomic E-state index is 12.4. The summed E-state index contributed by atoms with van der Waals surface area (Å²) in [6, 6.07) is 10.5. The van der Waals surface area contributed by atoms with Crippen molar-refractivity contribution in [3.05, 3.63) is 52.5 Å². The molecule has 0 aliphatic heterocycles. The Bertz CT molecular complexity index is 671. The molecule has 0 fully saturated rings. The third-order valence-corrected chi connectivity index (χ3v) is 3.57. The average molecular weight is 306 g/mol. The lowest BCUT2D eigenvalue weighted by molar-refractivity contribution is 0.102. The highest BCUT2D eigenvalue weighted by Crippen LogP contribution is 2.31. The summed E-state index contributed by atoms with van der Waals surface area (Å²) < 4.78 is 10.5. The molecule has 2 rings (SSSR count). The van der Waals surface area contributed by atoms with Crippen molar-refractivity contribution < 1.29 is 14.3 Å². The second-order valence-corrected chi connectivity index (χ2v) is 4.81. The molecule has 110 valence electrons. The second kappa shape index (κ2) is 6.50. The van der Waals surface area contributed by atoms with Crippen LogP contribution in [0.1, 0.15) is 15.9 Å². The number of nitrogens with one attached hydrogen (secondary N) is 1. The van der Waals surface area contributed by atoms with E-state index in [-0.39, 0.29) is 5.91 Å². The van der Waals surface area contributed by atoms with Crippen LogP contribution in [0.5, 0.6) is 11.5 Å². The summed E-state index contributed by atoms with van der Waals surface area (Å²) in [5.41, 5.74) is 1.88. The first-order valence-electron chi connectivity index (χ1n) is 6.36. The van der Waals surface area contributed by atoms with Gasteiger partial charge in [-0.1, -0.05) is 23.7 Å². The molecule has 0 radical (unpaired) electrons. The molecule has 0 saturated carbocycles. The Kier molecular flexibility index (Phi) is 4.70. The van der Waals surface area contributed by atoms with E-state index >= 15 is 0 Å². The van der Waals surface area contributed by atoms with E-state index in [0.717, 1.165) is 5.56 Å². The van der Waals surface area contributed by atoms with Crippen molar-refractivity contribution in [2.24, 2.45) is 0 Å². The van der Waals surface area contributed by atoms with Crippen LogP contribution in [0.4, 0.5) is 5.69 Å². The van der Waals surface area contributed by atoms with Gasteiger partial charge in [-0.25, -0.2) is 0 Å². The third kappa shape index (κ3) is 3.11. The minimum atomic E-state index is -0.281. The first-order chi connectivity index (χ1) is 10.1. The van der Waals surface area contributed by atoms with Gasteiger partial charge in [-0.05, 0) is 36.8 Å². The fourth-order valence-corrected chi connectivity index (χ4v) is 2.17. The number of hydrogen-bond acceptors (Lipinski definition) is 3. The summed E-state index contributed by atoms with van der Waals surface area (Å²) in [5, 5.41) is 3.44. The predicted molar refractivity (Wildman–Crippen MR) is 83.7 cm³/mol. The molecule has 2 aromatic carbocycles. The fraction of sp³-hybridized carbons (Fsp3) is 0.188. The molecule has 0 aliphatic carbocycles. The second-order valence-electron chi connectivity index (χ2n) is 4.41. The predicted octanol–water partition coefficient (Wildman–Crippen LogP) is 3.92. The van der Waals surface area contributed by atoms with Crippen LogP contribution < -0.4 is 14.8 Å². The summed E-state index contributed by atoms with van der Waals surface area (Å²) >= 11 is 6.05. The molecule has 4 nitrogen and oxygen atoms in total. The normalized spacial score (nSPS) is 10.1. The topological polar surface area (TPSA) is 47.6 Å². The van der Waals surface area contributed by atoms with Gasteiger partial charge in [0.2, 0.25) is 0 Å². The van der Waals surface area contributed by atoms with Crippen LogP contribution in [0.2, 0.25) is 5.02 Å². The zero-order valence-corrected chi connectivity index (χ0v) is 12.8. The van der Waals surface area contributed by atoms with Gasteiger partial charge in [-0.15, -0.1) is 0 Å². The van der Waals surface area contributed by atoms with Gasteiger partial charge in [0.1, 0.15) is 0 Å². The molecule has 0 aliphatic rings. The molecular formula is C16H16ClNO3. The van der Waals surface area contributed by atoms with E-state index in [4.69, 9.17) is 21.1 Å². The van der Waals surface area contributed by atoms with Crippen LogP contribution in [0, 0.1) is 6.92 Å². The lowest BCUT2D eigenvalue weighted by Gasteiger charge is -2.14. The maximum absolute atomic E-state index is 12.4. The number of amides is 1. The Balaban J connectivity index is 2.35. The molecule has 0 atom stereocenters. The number of halogens is 1. The summed E-state index contributed by atoms with van der Waals surface area (Å²) in [4.78, 5) is 12.4. The zero-order chi connectivity index (χ0) is 15.4. The first-order valence-corrected chi connectivity index (χ1v) is 6.73. The van der Waals surface area contributed by atoms with Crippen LogP contribution in [0.25, 0.3) is 0 Å². The van der Waals surface area contributed by atoms with Crippen LogP contribution in [0.15, 0.2) is 36.4 Å². The average Bonchev–Trinajstić information content (AvgIpc) is 2.50. The lowest BCUT2D eigenvalue weighted by atomic mass is 10.1. The number of anilines is 1. The van der Waals surface area contributed by atoms with Crippen molar-refractivity contribution in [3.8, 4) is 11.5 Å². The monoisotopic (exact) mass is 305 g/mol. The molecule has 0 unspecified atom stereocenters. The molecule has 21 heavy (non-hydrogen) atoms. The van der Waals surface area contributed by atoms with Gasteiger partial charge in [0, 0.05) is 10.7 Å². The minimum Gasteiger partial charge on any atom is -0.493 e. The Morgan fingerprint density at radius 1 is 1.10 bits per heavy atom. The highest BCUT2D eigenvalue weighted by molar-refractivity contribution is 6.31. The van der Waals surface area contributed by atoms with Crippen molar-refractivity contribution in [2.75, 3.05) is 19.5 Å². The highest BCUT2D eigenvalue weighted by atomic mass is 35.5. The van der Waals surface area contributed by atoms with Crippen LogP contribution in [-0.4, -0.2) is 20.1 Å². The number of para-hydroxylation sites is 1. The first kappa shape index (κ1) is 15.2. The van der Waals surface area contributed by atoms with Gasteiger partial charge in [0.05, 0.1) is 19.8 Å². The van der Waals surface area contributed by atoms with Crippen molar-refractivity contribution in [2.45, 2.75) is 6.92 Å². The third-order valence-electron chi connectivity index (χ3n) is 3.16. The van der Waals surface area contributed by atoms with Gasteiger partial charge >= 0.3 is 0 Å². The van der Waals surface area contributed by atoms with E-state index in [0.29, 0.717) is 27.8 Å². The molecule has 2 aromatic rings. The smallest absolute Gasteiger partial charge is 0.259 e. The van der Waals surface area contributed by atoms with Gasteiger partial charge in [-0.2, -0.15) is 0 Å². The van der Waals surface area contributed by atoms with Crippen LogP contribution >= 0.6 is 11.6 Å². The summed E-state index contributed by atoms with van der Waals surface area (Å²) in [7, 11) is 3.03. The standard InChI is InChI=1S/C16H16ClNO3/c1-10-12(17)7-5-8-13(10)18-16(19)11-6-4-9-14(20-2)15(11)21-3/h4-9H,1-3H3,(H,18,19). The Morgan fingerprint density at radius 3 is 2.48 bits per heavy atom. The zero-order valence-electron chi connectivity index (χ0n) is 12.1. The molecule has 0 heterocycles. The molecule has 0 spiro atoms. The molecule has 0 saturated heterocycles. The Labute approximate surface area is 128 Å². The van der Waals surface area contributed by atoms with E-state index < -0.39 is 0 Å². The number of carbonyl (C=O) groups excluding carboxylic acids is 1. The number of carbonyl (C=O) groups is 1. The van der Waals surface area contributed by atoms with Gasteiger partial charge in [-0.3, -0.25) is 4.79 Å². The summed E-state index contributed by atoms with van der Waals surface area (Å²) in [5.74, 6) is 0.626. The van der Waals surface area contributed by atoms with Gasteiger partial charge in [0.15, 0.2) is 11.5 Å². The minimum absolute atomic E-state index is 0.281. The summed E-state index contributed by atoms with van der Waals surface area (Å²) in [6.07, 6.45) is 0. The molecule has 0 aromatic heterocycles. The number of methoxy groups -OCH3 is 2. The largest absolute Gasteiger partial charge is 0.493 e. The fourth-order valence-electron chi connectivity index (χ4n) is 2.00. The maximum Gasteiger partial charge on any atom is 0.259 e. The van der Waals surface area contributed by atoms with Crippen molar-refractivity contribution in [1.29, 1.82) is 0 Å². The van der Waals surface area contributed by atoms with Crippen molar-refractivity contribution in [3.63, 3.8) is 0 Å². The van der Waals surface area contributed by atoms with Gasteiger partial charge < -0.3 is 14.8 Å². The number of benzene rings is 2. The van der Waals surface area contributed by atoms with E-state index in [1.807, 2.05) is 6.92 Å². The van der Waals surface area contributed by atoms with Crippen molar-refractivity contribution in [1.82, 2.24) is 0 Å². The van der Waals surface area contributed by atoms with Crippen molar-refractivity contribution >= 4 is 23.2 Å². The van der Waals surface area contributed by atoms with E-state index in [2.05, 4.69) is 5.32 Å². The number of hydrogen-bond donors (Lipinski definition) is 1. The van der Waals surface area contributed by atoms with E-state index in [1.165, 1.54) is 14.2 Å². The quantitative estimate of drug-likeness (QED) is 0.931. The number of rotatable bonds is 4. The van der Waals surface area contributed by atoms with Crippen LogP contribution in [0.3, 0.4) is 0 Å². The molecule has 1 amide bonds. The summed E-state index contributed by atoms with van der Waals surface area (Å²) in [6.45, 7) is 1.85.